The molecular formula is C10H14N2O3S. The molecule has 0 radical (unpaired) electrons. The standard InChI is InChI=1S/C10H14N2O3S/c1-4-6-12(5-2)16(13,14)8-10-7-9(3)15-11-10/h1,7H,5-6,8H2,2-3H3. The van der Waals surface area contributed by atoms with Gasteiger partial charge in [0.1, 0.15) is 17.2 Å². The molecule has 1 aromatic rings. The molecule has 1 aromatic heterocycles. The van der Waals surface area contributed by atoms with Crippen molar-refractivity contribution in [3.63, 3.8) is 0 Å². The topological polar surface area (TPSA) is 63.4 Å². The van der Waals surface area contributed by atoms with E-state index in [-0.39, 0.29) is 12.3 Å². The minimum atomic E-state index is -3.41. The van der Waals surface area contributed by atoms with Crippen LogP contribution in [0.1, 0.15) is 18.4 Å². The van der Waals surface area contributed by atoms with E-state index in [4.69, 9.17) is 10.9 Å². The van der Waals surface area contributed by atoms with Crippen molar-refractivity contribution in [2.45, 2.75) is 19.6 Å². The third kappa shape index (κ3) is 3.08. The molecule has 0 saturated carbocycles. The summed E-state index contributed by atoms with van der Waals surface area (Å²) >= 11 is 0. The lowest BCUT2D eigenvalue weighted by Crippen LogP contribution is -2.32. The first-order valence-corrected chi connectivity index (χ1v) is 6.44. The maximum atomic E-state index is 11.9. The summed E-state index contributed by atoms with van der Waals surface area (Å²) in [6.45, 7) is 3.88. The third-order valence-electron chi connectivity index (χ3n) is 2.02. The van der Waals surface area contributed by atoms with E-state index in [1.165, 1.54) is 4.31 Å². The number of terminal acetylenes is 1. The second-order valence-corrected chi connectivity index (χ2v) is 5.28. The zero-order valence-corrected chi connectivity index (χ0v) is 10.1. The number of hydrogen-bond acceptors (Lipinski definition) is 4. The molecule has 5 nitrogen and oxygen atoms in total. The molecule has 6 heteroatoms. The van der Waals surface area contributed by atoms with Crippen LogP contribution in [0.2, 0.25) is 0 Å². The smallest absolute Gasteiger partial charge is 0.220 e. The lowest BCUT2D eigenvalue weighted by molar-refractivity contribution is 0.391. The van der Waals surface area contributed by atoms with E-state index in [0.717, 1.165) is 0 Å². The molecule has 1 rings (SSSR count). The van der Waals surface area contributed by atoms with Crippen molar-refractivity contribution >= 4 is 10.0 Å². The summed E-state index contributed by atoms with van der Waals surface area (Å²) in [5, 5.41) is 3.65. The van der Waals surface area contributed by atoms with Gasteiger partial charge < -0.3 is 4.52 Å². The number of hydrogen-bond donors (Lipinski definition) is 0. The van der Waals surface area contributed by atoms with Crippen LogP contribution in [-0.2, 0) is 15.8 Å². The molecule has 16 heavy (non-hydrogen) atoms. The predicted molar refractivity (Wildman–Crippen MR) is 59.9 cm³/mol. The Hall–Kier alpha value is -1.32. The molecule has 0 aliphatic carbocycles. The molecule has 0 spiro atoms. The first-order chi connectivity index (χ1) is 7.49. The normalized spacial score (nSPS) is 11.6. The number of aromatic nitrogens is 1. The van der Waals surface area contributed by atoms with Gasteiger partial charge in [0.25, 0.3) is 0 Å². The molecule has 88 valence electrons. The lowest BCUT2D eigenvalue weighted by atomic mass is 10.4. The van der Waals surface area contributed by atoms with Crippen LogP contribution < -0.4 is 0 Å². The second-order valence-electron chi connectivity index (χ2n) is 3.32. The van der Waals surface area contributed by atoms with E-state index < -0.39 is 10.0 Å². The van der Waals surface area contributed by atoms with Crippen molar-refractivity contribution in [2.75, 3.05) is 13.1 Å². The molecule has 0 aromatic carbocycles. The number of rotatable bonds is 5. The minimum absolute atomic E-state index is 0.0790. The highest BCUT2D eigenvalue weighted by atomic mass is 32.2. The fraction of sp³-hybridized carbons (Fsp3) is 0.500. The number of aryl methyl sites for hydroxylation is 1. The summed E-state index contributed by atoms with van der Waals surface area (Å²) in [6.07, 6.45) is 5.11. The van der Waals surface area contributed by atoms with E-state index >= 15 is 0 Å². The van der Waals surface area contributed by atoms with Crippen molar-refractivity contribution in [3.05, 3.63) is 17.5 Å². The van der Waals surface area contributed by atoms with Crippen LogP contribution in [0.15, 0.2) is 10.6 Å². The van der Waals surface area contributed by atoms with E-state index in [2.05, 4.69) is 11.1 Å². The molecule has 0 amide bonds. The summed E-state index contributed by atoms with van der Waals surface area (Å²) in [7, 11) is -3.41. The van der Waals surface area contributed by atoms with E-state index in [9.17, 15) is 8.42 Å². The largest absolute Gasteiger partial charge is 0.361 e. The van der Waals surface area contributed by atoms with Gasteiger partial charge in [0, 0.05) is 12.6 Å². The van der Waals surface area contributed by atoms with Crippen LogP contribution in [-0.4, -0.2) is 31.0 Å². The summed E-state index contributed by atoms with van der Waals surface area (Å²) in [4.78, 5) is 0. The van der Waals surface area contributed by atoms with Gasteiger partial charge in [-0.25, -0.2) is 8.42 Å². The molecule has 0 unspecified atom stereocenters. The van der Waals surface area contributed by atoms with E-state index in [0.29, 0.717) is 18.0 Å². The highest BCUT2D eigenvalue weighted by Gasteiger charge is 2.21. The van der Waals surface area contributed by atoms with E-state index in [1.807, 2.05) is 0 Å². The van der Waals surface area contributed by atoms with Gasteiger partial charge in [-0.1, -0.05) is 18.0 Å². The Labute approximate surface area is 95.5 Å². The Morgan fingerprint density at radius 1 is 1.62 bits per heavy atom. The molecule has 1 heterocycles. The van der Waals surface area contributed by atoms with Crippen LogP contribution in [0.3, 0.4) is 0 Å². The highest BCUT2D eigenvalue weighted by molar-refractivity contribution is 7.88. The Balaban J connectivity index is 2.82. The van der Waals surface area contributed by atoms with Crippen molar-refractivity contribution in [1.29, 1.82) is 0 Å². The first-order valence-electron chi connectivity index (χ1n) is 4.83. The van der Waals surface area contributed by atoms with Crippen LogP contribution in [0.5, 0.6) is 0 Å². The van der Waals surface area contributed by atoms with Crippen molar-refractivity contribution in [2.24, 2.45) is 0 Å². The van der Waals surface area contributed by atoms with E-state index in [1.54, 1.807) is 19.9 Å². The Kier molecular flexibility index (Phi) is 4.10. The van der Waals surface area contributed by atoms with Gasteiger partial charge in [0.15, 0.2) is 0 Å². The van der Waals surface area contributed by atoms with Gasteiger partial charge in [-0.15, -0.1) is 6.42 Å². The zero-order chi connectivity index (χ0) is 12.2. The molecule has 0 N–H and O–H groups in total. The van der Waals surface area contributed by atoms with Crippen molar-refractivity contribution in [1.82, 2.24) is 9.46 Å². The van der Waals surface area contributed by atoms with Gasteiger partial charge in [-0.3, -0.25) is 0 Å². The SMILES string of the molecule is C#CCN(CC)S(=O)(=O)Cc1cc(C)on1. The van der Waals surface area contributed by atoms with Crippen LogP contribution in [0.25, 0.3) is 0 Å². The third-order valence-corrected chi connectivity index (χ3v) is 3.86. The van der Waals surface area contributed by atoms with Gasteiger partial charge >= 0.3 is 0 Å². The number of sulfonamides is 1. The predicted octanol–water partition coefficient (Wildman–Crippen LogP) is 0.768. The minimum Gasteiger partial charge on any atom is -0.361 e. The monoisotopic (exact) mass is 242 g/mol. The Morgan fingerprint density at radius 3 is 2.75 bits per heavy atom. The summed E-state index contributed by atoms with van der Waals surface area (Å²) in [5.41, 5.74) is 0.396. The Bertz CT molecular complexity index is 484. The van der Waals surface area contributed by atoms with Crippen LogP contribution >= 0.6 is 0 Å². The quantitative estimate of drug-likeness (QED) is 0.715. The van der Waals surface area contributed by atoms with Crippen molar-refractivity contribution in [3.8, 4) is 12.3 Å². The average Bonchev–Trinajstić information content (AvgIpc) is 2.59. The summed E-state index contributed by atoms with van der Waals surface area (Å²) in [5.74, 6) is 2.73. The fourth-order valence-electron chi connectivity index (χ4n) is 1.27. The molecule has 0 bridgehead atoms. The zero-order valence-electron chi connectivity index (χ0n) is 9.30. The molecular weight excluding hydrogens is 228 g/mol. The van der Waals surface area contributed by atoms with Gasteiger partial charge in [-0.05, 0) is 6.92 Å². The van der Waals surface area contributed by atoms with Gasteiger partial charge in [0.2, 0.25) is 10.0 Å². The lowest BCUT2D eigenvalue weighted by Gasteiger charge is -2.16. The van der Waals surface area contributed by atoms with Gasteiger partial charge in [0.05, 0.1) is 6.54 Å². The first kappa shape index (κ1) is 12.7. The van der Waals surface area contributed by atoms with Crippen LogP contribution in [0, 0.1) is 19.3 Å². The molecule has 0 fully saturated rings. The molecule has 0 aliphatic rings. The molecule has 0 atom stereocenters. The molecule has 0 saturated heterocycles. The van der Waals surface area contributed by atoms with Gasteiger partial charge in [-0.2, -0.15) is 4.31 Å². The second kappa shape index (κ2) is 5.14. The number of nitrogens with zero attached hydrogens (tertiary/aromatic N) is 2. The average molecular weight is 242 g/mol. The highest BCUT2D eigenvalue weighted by Crippen LogP contribution is 2.10. The summed E-state index contributed by atoms with van der Waals surface area (Å²) in [6, 6.07) is 1.60. The fourth-order valence-corrected chi connectivity index (χ4v) is 2.63. The summed E-state index contributed by atoms with van der Waals surface area (Å²) < 4.78 is 29.8. The maximum absolute atomic E-state index is 11.9. The Morgan fingerprint density at radius 2 is 2.31 bits per heavy atom. The van der Waals surface area contributed by atoms with Crippen molar-refractivity contribution < 1.29 is 12.9 Å². The molecule has 0 aliphatic heterocycles. The van der Waals surface area contributed by atoms with Crippen LogP contribution in [0.4, 0.5) is 0 Å². The maximum Gasteiger partial charge on any atom is 0.220 e.